The normalized spacial score (nSPS) is 19.2. The molecule has 95 heavy (non-hydrogen) atoms. The van der Waals surface area contributed by atoms with Crippen molar-refractivity contribution in [1.29, 1.82) is 10.8 Å². The van der Waals surface area contributed by atoms with Gasteiger partial charge in [0.2, 0.25) is 0 Å². The predicted molar refractivity (Wildman–Crippen MR) is 435 cm³/mol. The molecule has 9 rings (SSSR count). The van der Waals surface area contributed by atoms with Crippen molar-refractivity contribution >= 4 is 41.3 Å². The molecule has 11 N–H and O–H groups in total. The number of guanidine groups is 3. The molecule has 4 aliphatic carbocycles. The Balaban J connectivity index is -0.000000175. The monoisotopic (exact) mass is 1370 g/mol. The van der Waals surface area contributed by atoms with Gasteiger partial charge in [0.05, 0.1) is 11.7 Å². The summed E-state index contributed by atoms with van der Waals surface area (Å²) in [6.45, 7) is 45.9. The summed E-state index contributed by atoms with van der Waals surface area (Å²) in [4.78, 5) is 22.9. The third-order valence-electron chi connectivity index (χ3n) is 17.8. The van der Waals surface area contributed by atoms with Crippen LogP contribution in [0.25, 0.3) is 0 Å². The van der Waals surface area contributed by atoms with Crippen molar-refractivity contribution in [3.63, 3.8) is 0 Å². The molecular formula is C77H174N16OS. The highest BCUT2D eigenvalue weighted by molar-refractivity contribution is 7.99. The number of rotatable bonds is 1. The topological polar surface area (TPSA) is 230 Å². The lowest BCUT2D eigenvalue weighted by Gasteiger charge is -2.28. The van der Waals surface area contributed by atoms with Crippen LogP contribution in [0.1, 0.15) is 265 Å². The number of nitrogens with one attached hydrogen (secondary N) is 3. The summed E-state index contributed by atoms with van der Waals surface area (Å²) < 4.78 is 5.14. The smallest absolute Gasteiger partial charge is 0.190 e. The number of likely N-dealkylation sites (tertiary alicyclic amines) is 2. The van der Waals surface area contributed by atoms with Gasteiger partial charge in [-0.3, -0.25) is 25.8 Å². The van der Waals surface area contributed by atoms with E-state index in [4.69, 9.17) is 38.5 Å². The maximum Gasteiger partial charge on any atom is 0.190 e. The van der Waals surface area contributed by atoms with Crippen molar-refractivity contribution in [2.24, 2.45) is 91.2 Å². The summed E-state index contributed by atoms with van der Waals surface area (Å²) in [5.41, 5.74) is 19.9. The van der Waals surface area contributed by atoms with Gasteiger partial charge in [-0.2, -0.15) is 11.8 Å². The minimum Gasteiger partial charge on any atom is -0.381 e. The molecule has 0 aromatic carbocycles. The van der Waals surface area contributed by atoms with Crippen molar-refractivity contribution in [2.45, 2.75) is 265 Å². The average Bonchev–Trinajstić information content (AvgIpc) is 4.30. The van der Waals surface area contributed by atoms with Gasteiger partial charge >= 0.3 is 0 Å². The van der Waals surface area contributed by atoms with Crippen molar-refractivity contribution in [3.8, 4) is 0 Å². The van der Waals surface area contributed by atoms with Crippen LogP contribution in [0.3, 0.4) is 0 Å². The van der Waals surface area contributed by atoms with Gasteiger partial charge in [-0.1, -0.05) is 187 Å². The number of amidine groups is 2. The van der Waals surface area contributed by atoms with Gasteiger partial charge in [0.15, 0.2) is 17.9 Å². The zero-order valence-corrected chi connectivity index (χ0v) is 69.9. The Morgan fingerprint density at radius 2 is 0.758 bits per heavy atom. The fourth-order valence-corrected chi connectivity index (χ4v) is 10.1. The second-order valence-electron chi connectivity index (χ2n) is 28.5. The molecule has 18 heteroatoms. The zero-order valence-electron chi connectivity index (χ0n) is 69.1. The van der Waals surface area contributed by atoms with Gasteiger partial charge in [0.1, 0.15) is 0 Å². The lowest BCUT2D eigenvalue weighted by atomic mass is 9.88. The minimum atomic E-state index is 0.0926. The van der Waals surface area contributed by atoms with E-state index in [9.17, 15) is 0 Å². The summed E-state index contributed by atoms with van der Waals surface area (Å²) in [5, 5.41) is 16.8. The molecule has 5 aliphatic heterocycles. The van der Waals surface area contributed by atoms with E-state index in [2.05, 4.69) is 118 Å². The second-order valence-corrected chi connectivity index (χ2v) is 29.8. The van der Waals surface area contributed by atoms with Gasteiger partial charge in [-0.25, -0.2) is 0 Å². The van der Waals surface area contributed by atoms with E-state index in [1.807, 2.05) is 81.8 Å². The molecule has 0 amide bonds. The third-order valence-corrected chi connectivity index (χ3v) is 18.9. The number of nitrogens with two attached hydrogens (primary N) is 4. The van der Waals surface area contributed by atoms with Crippen LogP contribution in [0.5, 0.6) is 0 Å². The quantitative estimate of drug-likeness (QED) is 0.0958. The van der Waals surface area contributed by atoms with Crippen LogP contribution < -0.4 is 28.3 Å². The summed E-state index contributed by atoms with van der Waals surface area (Å²) in [6.07, 6.45) is 34.6. The van der Waals surface area contributed by atoms with Gasteiger partial charge in [-0.05, 0) is 196 Å². The van der Waals surface area contributed by atoms with Gasteiger partial charge < -0.3 is 62.4 Å². The number of hydrogen-bond acceptors (Lipinski definition) is 10. The molecule has 0 radical (unpaired) electrons. The van der Waals surface area contributed by atoms with E-state index < -0.39 is 0 Å². The first-order chi connectivity index (χ1) is 44.8. The fraction of sp³-hybridized carbons (Fsp3) is 0.935. The highest BCUT2D eigenvalue weighted by atomic mass is 32.2. The highest BCUT2D eigenvalue weighted by Gasteiger charge is 2.15. The number of hydrogen-bond donors (Lipinski definition) is 7. The first-order valence-electron chi connectivity index (χ1n) is 38.3. The molecule has 0 spiro atoms. The molecule has 9 fully saturated rings. The standard InChI is InChI=1S/C8H17N.C7H15N.C7H14.C6H13N.C6H12O.C6H12S.C6H12.C5H12N2.C5H10.C4H11N3.C4H10N2.C4H8.C3H9N3.C2H7N3.2C2H6/c1-3-9-6-4-8(2)5-7-9;1-7-3-5-8(2)6-4-7;1-7-5-3-2-4-6-7;3*1-6-2-4-7-5-3-6;1-6-4-2-3-5-6;1-5(6-2)7(3)4;1-5-3-2-4-5;1-6-4(5)7(2)3;1-4(5)6(2)3;1-4-2-3-4;1-6(2)3(4)5;1-5-2(3)4;2*1-2/h8H,3-7H2,1-2H3;7H,3-6H2,1-2H3;7H,2-6H2,1H3;6-7H,2-5H2,1H3;2*6H,2-5H2,1H3;6H,2-5H2,1H3;1-4H3;5H,2-4H2,1H3;1-3H3,(H2,5,6);5H,1-3H3;4H,2-3H2,1H3;1-2H3,(H3,4,5);1H3,(H4,3,4,5);2*1-2H3. The van der Waals surface area contributed by atoms with Gasteiger partial charge in [0.25, 0.3) is 0 Å². The molecule has 5 saturated heterocycles. The molecule has 0 unspecified atom stereocenters. The molecule has 0 aromatic heterocycles. The summed E-state index contributed by atoms with van der Waals surface area (Å²) >= 11 is 2.10. The number of aliphatic imine (C=N–C) groups is 3. The van der Waals surface area contributed by atoms with Gasteiger partial charge in [0, 0.05) is 90.7 Å². The van der Waals surface area contributed by atoms with E-state index in [-0.39, 0.29) is 11.9 Å². The maximum absolute atomic E-state index is 6.88. The largest absolute Gasteiger partial charge is 0.381 e. The van der Waals surface area contributed by atoms with E-state index >= 15 is 0 Å². The molecule has 9 aliphatic rings. The van der Waals surface area contributed by atoms with E-state index in [1.165, 1.54) is 223 Å². The lowest BCUT2D eigenvalue weighted by Crippen LogP contribution is -2.32. The highest BCUT2D eigenvalue weighted by Crippen LogP contribution is 2.27. The third kappa shape index (κ3) is 90.9. The Hall–Kier alpha value is -3.06. The van der Waals surface area contributed by atoms with Crippen molar-refractivity contribution < 1.29 is 4.74 Å². The van der Waals surface area contributed by atoms with E-state index in [0.29, 0.717) is 11.8 Å². The van der Waals surface area contributed by atoms with Crippen molar-refractivity contribution in [2.75, 3.05) is 155 Å². The Kier molecular flexibility index (Phi) is 85.1. The summed E-state index contributed by atoms with van der Waals surface area (Å²) in [5.74, 6) is 14.3. The molecule has 0 bridgehead atoms. The fourth-order valence-electron chi connectivity index (χ4n) is 8.73. The van der Waals surface area contributed by atoms with Crippen LogP contribution in [-0.4, -0.2) is 214 Å². The van der Waals surface area contributed by atoms with Crippen LogP contribution in [-0.2, 0) is 4.74 Å². The van der Waals surface area contributed by atoms with Crippen molar-refractivity contribution in [3.05, 3.63) is 0 Å². The second kappa shape index (κ2) is 76.7. The molecule has 17 nitrogen and oxygen atoms in total. The lowest BCUT2D eigenvalue weighted by molar-refractivity contribution is 0.0716. The Morgan fingerprint density at radius 1 is 0.442 bits per heavy atom. The van der Waals surface area contributed by atoms with Crippen LogP contribution in [0.4, 0.5) is 0 Å². The first-order valence-corrected chi connectivity index (χ1v) is 39.4. The number of nitrogens with zero attached hydrogens (tertiary/aromatic N) is 9. The Labute approximate surface area is 599 Å². The minimum absolute atomic E-state index is 0.0926. The van der Waals surface area contributed by atoms with Crippen LogP contribution >= 0.6 is 11.8 Å². The maximum atomic E-state index is 6.88. The molecule has 4 saturated carbocycles. The molecule has 0 atom stereocenters. The van der Waals surface area contributed by atoms with Crippen LogP contribution in [0, 0.1) is 64.1 Å². The SMILES string of the molecule is CC.CC.CC(=N)N(C)C.CC1CC1.CC1CCC1.CC1CCCC1.CC1CCCCC1.CC1CCN(C)CC1.CC1CCNCC1.CC1CCOCC1.CC1CCSCC1.CCN1CCC(C)CC1.CN(C)C(=N)N.CN=C(C)N(C)C.CN=C(N)N.CN=C(N)N(C)C. The van der Waals surface area contributed by atoms with E-state index in [0.717, 1.165) is 72.3 Å². The summed E-state index contributed by atoms with van der Waals surface area (Å²) in [6, 6.07) is 0. The van der Waals surface area contributed by atoms with E-state index in [1.54, 1.807) is 44.9 Å². The number of piperidine rings is 3. The van der Waals surface area contributed by atoms with Crippen LogP contribution in [0.2, 0.25) is 0 Å². The number of ether oxygens (including phenoxy) is 1. The summed E-state index contributed by atoms with van der Waals surface area (Å²) in [7, 11) is 22.0. The Morgan fingerprint density at radius 3 is 0.905 bits per heavy atom. The molecule has 574 valence electrons. The molecular weight excluding hydrogens is 1200 g/mol. The molecule has 0 aromatic rings. The van der Waals surface area contributed by atoms with Crippen molar-refractivity contribution in [1.82, 2.24) is 34.7 Å². The predicted octanol–water partition coefficient (Wildman–Crippen LogP) is 16.7. The number of thioether (sulfide) groups is 1. The average molecular weight is 1370 g/mol. The molecule has 5 heterocycles. The van der Waals surface area contributed by atoms with Gasteiger partial charge in [-0.15, -0.1) is 0 Å². The van der Waals surface area contributed by atoms with Crippen LogP contribution in [0.15, 0.2) is 15.0 Å². The first kappa shape index (κ1) is 105. The Bertz CT molecular complexity index is 1510. The zero-order chi connectivity index (χ0) is 74.5.